The number of benzene rings is 1. The van der Waals surface area contributed by atoms with E-state index in [1.807, 2.05) is 7.05 Å². The van der Waals surface area contributed by atoms with Crippen LogP contribution in [-0.2, 0) is 26.0 Å². The normalized spacial score (nSPS) is 11.0. The largest absolute Gasteiger partial charge is 0.485 e. The van der Waals surface area contributed by atoms with Crippen molar-refractivity contribution in [3.05, 3.63) is 43.6 Å². The average molecular weight is 413 g/mol. The van der Waals surface area contributed by atoms with Gasteiger partial charge in [-0.1, -0.05) is 30.1 Å². The highest BCUT2D eigenvalue weighted by Gasteiger charge is 2.15. The third-order valence-electron chi connectivity index (χ3n) is 3.09. The Balaban J connectivity index is 2.27. The van der Waals surface area contributed by atoms with E-state index in [9.17, 15) is 0 Å². The van der Waals surface area contributed by atoms with Crippen LogP contribution in [0, 0.1) is 0 Å². The van der Waals surface area contributed by atoms with Crippen molar-refractivity contribution in [3.63, 3.8) is 0 Å². The van der Waals surface area contributed by atoms with E-state index >= 15 is 0 Å². The number of halogens is 4. The Kier molecular flexibility index (Phi) is 5.83. The van der Waals surface area contributed by atoms with E-state index in [1.54, 1.807) is 16.8 Å². The fraction of sp³-hybridized carbons (Fsp3) is 0.357. The Hall–Kier alpha value is -0.420. The molecule has 1 aromatic carbocycles. The summed E-state index contributed by atoms with van der Waals surface area (Å²) in [6.45, 7) is 2.40. The molecule has 1 aromatic heterocycles. The number of nitrogens with zero attached hydrogens (tertiary/aromatic N) is 2. The number of aromatic nitrogens is 2. The molecule has 0 spiro atoms. The molecule has 0 unspecified atom stereocenters. The van der Waals surface area contributed by atoms with E-state index in [0.717, 1.165) is 27.8 Å². The summed E-state index contributed by atoms with van der Waals surface area (Å²) >= 11 is 21.6. The third-order valence-corrected chi connectivity index (χ3v) is 4.79. The van der Waals surface area contributed by atoms with E-state index in [-0.39, 0.29) is 5.88 Å². The summed E-state index contributed by atoms with van der Waals surface area (Å²) in [5.74, 6) is 0.838. The van der Waals surface area contributed by atoms with Crippen molar-refractivity contribution in [2.45, 2.75) is 25.8 Å². The fourth-order valence-electron chi connectivity index (χ4n) is 1.99. The molecule has 3 nitrogen and oxygen atoms in total. The van der Waals surface area contributed by atoms with Crippen molar-refractivity contribution < 1.29 is 4.74 Å². The van der Waals surface area contributed by atoms with Gasteiger partial charge in [0.2, 0.25) is 0 Å². The minimum atomic E-state index is 0.280. The molecule has 0 aliphatic rings. The molecule has 0 saturated heterocycles. The SMILES string of the molecule is CCc1nn(C)c(COc2c(Cl)cc(Cl)cc2CCl)c1Br. The summed E-state index contributed by atoms with van der Waals surface area (Å²) in [5.41, 5.74) is 2.71. The molecule has 1 heterocycles. The van der Waals surface area contributed by atoms with Crippen LogP contribution in [0.1, 0.15) is 23.9 Å². The van der Waals surface area contributed by atoms with Crippen LogP contribution in [0.4, 0.5) is 0 Å². The summed E-state index contributed by atoms with van der Waals surface area (Å²) in [7, 11) is 1.88. The quantitative estimate of drug-likeness (QED) is 0.618. The van der Waals surface area contributed by atoms with Gasteiger partial charge < -0.3 is 4.74 Å². The first-order valence-electron chi connectivity index (χ1n) is 6.34. The Labute approximate surface area is 147 Å². The molecule has 21 heavy (non-hydrogen) atoms. The second kappa shape index (κ2) is 7.23. The molecule has 2 aromatic rings. The van der Waals surface area contributed by atoms with Gasteiger partial charge in [-0.05, 0) is 34.5 Å². The van der Waals surface area contributed by atoms with E-state index in [2.05, 4.69) is 28.0 Å². The van der Waals surface area contributed by atoms with Crippen LogP contribution in [0.5, 0.6) is 5.75 Å². The number of alkyl halides is 1. The van der Waals surface area contributed by atoms with Gasteiger partial charge in [0.25, 0.3) is 0 Å². The molecule has 2 rings (SSSR count). The van der Waals surface area contributed by atoms with E-state index in [1.165, 1.54) is 0 Å². The Morgan fingerprint density at radius 1 is 1.33 bits per heavy atom. The van der Waals surface area contributed by atoms with Gasteiger partial charge in [-0.25, -0.2) is 0 Å². The van der Waals surface area contributed by atoms with Crippen molar-refractivity contribution in [1.82, 2.24) is 9.78 Å². The maximum Gasteiger partial charge on any atom is 0.142 e. The first-order chi connectivity index (χ1) is 9.97. The van der Waals surface area contributed by atoms with Crippen LogP contribution in [0.15, 0.2) is 16.6 Å². The number of aryl methyl sites for hydroxylation is 2. The maximum atomic E-state index is 6.19. The highest BCUT2D eigenvalue weighted by Crippen LogP contribution is 2.34. The molecular weight excluding hydrogens is 398 g/mol. The highest BCUT2D eigenvalue weighted by molar-refractivity contribution is 9.10. The van der Waals surface area contributed by atoms with Gasteiger partial charge in [0.15, 0.2) is 0 Å². The van der Waals surface area contributed by atoms with Crippen molar-refractivity contribution in [3.8, 4) is 5.75 Å². The fourth-order valence-corrected chi connectivity index (χ4v) is 3.51. The Morgan fingerprint density at radius 3 is 2.62 bits per heavy atom. The Bertz CT molecular complexity index is 658. The van der Waals surface area contributed by atoms with Gasteiger partial charge in [0.05, 0.1) is 26.8 Å². The second-order valence-corrected chi connectivity index (χ2v) is 6.39. The summed E-state index contributed by atoms with van der Waals surface area (Å²) in [6.07, 6.45) is 0.850. The van der Waals surface area contributed by atoms with Crippen LogP contribution >= 0.6 is 50.7 Å². The minimum absolute atomic E-state index is 0.280. The van der Waals surface area contributed by atoms with E-state index in [4.69, 9.17) is 39.5 Å². The predicted molar refractivity (Wildman–Crippen MR) is 90.6 cm³/mol. The summed E-state index contributed by atoms with van der Waals surface area (Å²) in [6, 6.07) is 3.40. The summed E-state index contributed by atoms with van der Waals surface area (Å²) in [5, 5.41) is 5.42. The molecule has 0 amide bonds. The molecule has 0 aliphatic heterocycles. The molecule has 0 atom stereocenters. The van der Waals surface area contributed by atoms with Crippen molar-refractivity contribution in [2.24, 2.45) is 7.05 Å². The highest BCUT2D eigenvalue weighted by atomic mass is 79.9. The number of hydrogen-bond acceptors (Lipinski definition) is 2. The van der Waals surface area contributed by atoms with E-state index in [0.29, 0.717) is 22.4 Å². The lowest BCUT2D eigenvalue weighted by Crippen LogP contribution is -2.05. The van der Waals surface area contributed by atoms with Crippen LogP contribution in [0.3, 0.4) is 0 Å². The first-order valence-corrected chi connectivity index (χ1v) is 8.43. The molecule has 0 aliphatic carbocycles. The minimum Gasteiger partial charge on any atom is -0.485 e. The molecule has 0 radical (unpaired) electrons. The van der Waals surface area contributed by atoms with Gasteiger partial charge in [0, 0.05) is 17.6 Å². The van der Waals surface area contributed by atoms with Gasteiger partial charge in [-0.3, -0.25) is 4.68 Å². The average Bonchev–Trinajstić information content (AvgIpc) is 2.72. The Morgan fingerprint density at radius 2 is 2.05 bits per heavy atom. The standard InChI is InChI=1S/C14H14BrCl3N2O/c1-3-11-13(15)12(20(2)19-11)7-21-14-8(6-16)4-9(17)5-10(14)18/h4-5H,3,6-7H2,1-2H3. The lowest BCUT2D eigenvalue weighted by atomic mass is 10.2. The molecule has 0 fully saturated rings. The van der Waals surface area contributed by atoms with Gasteiger partial charge >= 0.3 is 0 Å². The molecular formula is C14H14BrCl3N2O. The monoisotopic (exact) mass is 410 g/mol. The second-order valence-electron chi connectivity index (χ2n) is 4.48. The molecule has 0 saturated carbocycles. The predicted octanol–water partition coefficient (Wildman–Crippen LogP) is 5.37. The van der Waals surface area contributed by atoms with Gasteiger partial charge in [0.1, 0.15) is 12.4 Å². The topological polar surface area (TPSA) is 27.1 Å². The van der Waals surface area contributed by atoms with Gasteiger partial charge in [-0.2, -0.15) is 5.10 Å². The van der Waals surface area contributed by atoms with Crippen molar-refractivity contribution in [2.75, 3.05) is 0 Å². The lowest BCUT2D eigenvalue weighted by Gasteiger charge is -2.13. The number of rotatable bonds is 5. The number of ether oxygens (including phenoxy) is 1. The van der Waals surface area contributed by atoms with Gasteiger partial charge in [-0.15, -0.1) is 11.6 Å². The lowest BCUT2D eigenvalue weighted by molar-refractivity contribution is 0.292. The number of hydrogen-bond donors (Lipinski definition) is 0. The van der Waals surface area contributed by atoms with E-state index < -0.39 is 0 Å². The molecule has 0 bridgehead atoms. The zero-order chi connectivity index (χ0) is 15.6. The van der Waals surface area contributed by atoms with Crippen LogP contribution in [0.2, 0.25) is 10.0 Å². The first kappa shape index (κ1) is 16.9. The van der Waals surface area contributed by atoms with Crippen LogP contribution < -0.4 is 4.74 Å². The maximum absolute atomic E-state index is 6.19. The van der Waals surface area contributed by atoms with Crippen LogP contribution in [0.25, 0.3) is 0 Å². The summed E-state index contributed by atoms with van der Waals surface area (Å²) in [4.78, 5) is 0. The molecule has 114 valence electrons. The summed E-state index contributed by atoms with van der Waals surface area (Å²) < 4.78 is 8.62. The zero-order valence-corrected chi connectivity index (χ0v) is 15.4. The van der Waals surface area contributed by atoms with Crippen LogP contribution in [-0.4, -0.2) is 9.78 Å². The smallest absolute Gasteiger partial charge is 0.142 e. The van der Waals surface area contributed by atoms with Crippen molar-refractivity contribution in [1.29, 1.82) is 0 Å². The molecule has 0 N–H and O–H groups in total. The third kappa shape index (κ3) is 3.67. The van der Waals surface area contributed by atoms with Crippen molar-refractivity contribution >= 4 is 50.7 Å². The molecule has 7 heteroatoms. The zero-order valence-electron chi connectivity index (χ0n) is 11.6.